The number of amides is 1. The zero-order valence-electron chi connectivity index (χ0n) is 9.53. The molecule has 0 saturated carbocycles. The lowest BCUT2D eigenvalue weighted by molar-refractivity contribution is 0.1000. The molecule has 4 heteroatoms. The van der Waals surface area contributed by atoms with Crippen molar-refractivity contribution in [3.05, 3.63) is 18.0 Å². The molecule has 0 atom stereocenters. The highest BCUT2D eigenvalue weighted by molar-refractivity contribution is 5.92. The molecule has 4 nitrogen and oxygen atoms in total. The number of carbonyl (C=O) groups excluding carboxylic acids is 1. The maximum atomic E-state index is 10.7. The fraction of sp³-hybridized carbons (Fsp3) is 0.600. The lowest BCUT2D eigenvalue weighted by Crippen LogP contribution is -2.22. The quantitative estimate of drug-likeness (QED) is 0.752. The summed E-state index contributed by atoms with van der Waals surface area (Å²) < 4.78 is 1.72. The summed E-state index contributed by atoms with van der Waals surface area (Å²) in [5, 5.41) is 4.02. The molecular formula is C10H21N3O. The van der Waals surface area contributed by atoms with Gasteiger partial charge in [0.25, 0.3) is 5.91 Å². The van der Waals surface area contributed by atoms with E-state index in [2.05, 4.69) is 5.10 Å². The molecule has 0 saturated heterocycles. The van der Waals surface area contributed by atoms with Gasteiger partial charge in [-0.2, -0.15) is 5.10 Å². The molecule has 0 bridgehead atoms. The summed E-state index contributed by atoms with van der Waals surface area (Å²) in [5.41, 5.74) is 5.42. The monoisotopic (exact) mass is 199 g/mol. The van der Waals surface area contributed by atoms with Crippen molar-refractivity contribution in [2.75, 3.05) is 0 Å². The van der Waals surface area contributed by atoms with E-state index in [1.165, 1.54) is 6.20 Å². The van der Waals surface area contributed by atoms with Crippen LogP contribution >= 0.6 is 0 Å². The number of hydrogen-bond acceptors (Lipinski definition) is 2. The highest BCUT2D eigenvalue weighted by Crippen LogP contribution is 2.12. The standard InChI is InChI=1S/C8H13N3O.C2H6.H2/c1-8(2,3)11-5-6(4-10-11)7(9)12;1-2;/h4-5H,1-3H3,(H2,9,12);1-2H3;1H. The van der Waals surface area contributed by atoms with E-state index in [-0.39, 0.29) is 6.97 Å². The predicted molar refractivity (Wildman–Crippen MR) is 59.2 cm³/mol. The van der Waals surface area contributed by atoms with Crippen molar-refractivity contribution in [3.8, 4) is 0 Å². The normalized spacial score (nSPS) is 10.4. The van der Waals surface area contributed by atoms with Crippen LogP contribution < -0.4 is 5.73 Å². The van der Waals surface area contributed by atoms with Gasteiger partial charge < -0.3 is 5.73 Å². The van der Waals surface area contributed by atoms with Crippen molar-refractivity contribution < 1.29 is 6.22 Å². The minimum absolute atomic E-state index is 0. The molecule has 0 unspecified atom stereocenters. The number of aromatic nitrogens is 2. The summed E-state index contributed by atoms with van der Waals surface area (Å²) in [4.78, 5) is 10.7. The summed E-state index contributed by atoms with van der Waals surface area (Å²) in [7, 11) is 0. The topological polar surface area (TPSA) is 60.9 Å². The third-order valence-electron chi connectivity index (χ3n) is 1.55. The van der Waals surface area contributed by atoms with E-state index in [9.17, 15) is 4.79 Å². The van der Waals surface area contributed by atoms with Gasteiger partial charge in [0.2, 0.25) is 0 Å². The largest absolute Gasteiger partial charge is 0.366 e. The third kappa shape index (κ3) is 3.20. The van der Waals surface area contributed by atoms with Gasteiger partial charge in [0.05, 0.1) is 17.3 Å². The maximum Gasteiger partial charge on any atom is 0.251 e. The molecule has 0 aliphatic heterocycles. The van der Waals surface area contributed by atoms with Crippen LogP contribution in [0.3, 0.4) is 0 Å². The van der Waals surface area contributed by atoms with E-state index in [0.717, 1.165) is 0 Å². The molecule has 0 aliphatic rings. The van der Waals surface area contributed by atoms with Crippen molar-refractivity contribution in [2.24, 2.45) is 5.73 Å². The Kier molecular flexibility index (Phi) is 4.34. The number of rotatable bonds is 1. The number of nitrogens with two attached hydrogens (primary N) is 1. The van der Waals surface area contributed by atoms with E-state index in [1.807, 2.05) is 34.6 Å². The maximum absolute atomic E-state index is 10.7. The molecule has 2 N–H and O–H groups in total. The van der Waals surface area contributed by atoms with Crippen LogP contribution in [-0.2, 0) is 5.54 Å². The minimum atomic E-state index is -0.439. The van der Waals surface area contributed by atoms with Crippen LogP contribution in [0.1, 0.15) is 46.4 Å². The molecule has 0 aliphatic carbocycles. The van der Waals surface area contributed by atoms with Gasteiger partial charge in [0, 0.05) is 7.62 Å². The second kappa shape index (κ2) is 4.79. The van der Waals surface area contributed by atoms with Crippen molar-refractivity contribution in [2.45, 2.75) is 40.2 Å². The predicted octanol–water partition coefficient (Wildman–Crippen LogP) is 2.01. The lowest BCUT2D eigenvalue weighted by atomic mass is 10.1. The van der Waals surface area contributed by atoms with Crippen molar-refractivity contribution in [1.29, 1.82) is 0 Å². The van der Waals surface area contributed by atoms with Gasteiger partial charge in [0.1, 0.15) is 0 Å². The van der Waals surface area contributed by atoms with E-state index in [1.54, 1.807) is 10.9 Å². The first-order chi connectivity index (χ1) is 6.41. The van der Waals surface area contributed by atoms with Gasteiger partial charge in [-0.3, -0.25) is 9.48 Å². The number of hydrogen-bond donors (Lipinski definition) is 1. The van der Waals surface area contributed by atoms with E-state index >= 15 is 0 Å². The Morgan fingerprint density at radius 1 is 1.50 bits per heavy atom. The van der Waals surface area contributed by atoms with Gasteiger partial charge >= 0.3 is 0 Å². The van der Waals surface area contributed by atoms with Crippen LogP contribution in [0, 0.1) is 0 Å². The van der Waals surface area contributed by atoms with Gasteiger partial charge in [-0.15, -0.1) is 0 Å². The van der Waals surface area contributed by atoms with E-state index < -0.39 is 5.91 Å². The zero-order valence-corrected chi connectivity index (χ0v) is 9.53. The van der Waals surface area contributed by atoms with Crippen LogP contribution in [0.2, 0.25) is 0 Å². The summed E-state index contributed by atoms with van der Waals surface area (Å²) in [6.45, 7) is 10.0. The molecule has 82 valence electrons. The first-order valence-electron chi connectivity index (χ1n) is 4.76. The first-order valence-corrected chi connectivity index (χ1v) is 4.76. The van der Waals surface area contributed by atoms with Crippen molar-refractivity contribution in [1.82, 2.24) is 9.78 Å². The summed E-state index contributed by atoms with van der Waals surface area (Å²) in [6, 6.07) is 0. The van der Waals surface area contributed by atoms with Gasteiger partial charge in [-0.1, -0.05) is 13.8 Å². The third-order valence-corrected chi connectivity index (χ3v) is 1.55. The van der Waals surface area contributed by atoms with Gasteiger partial charge in [0.15, 0.2) is 0 Å². The Hall–Kier alpha value is -1.32. The van der Waals surface area contributed by atoms with Crippen molar-refractivity contribution in [3.63, 3.8) is 0 Å². The fourth-order valence-electron chi connectivity index (χ4n) is 0.817. The van der Waals surface area contributed by atoms with Crippen LogP contribution in [0.15, 0.2) is 12.4 Å². The molecule has 14 heavy (non-hydrogen) atoms. The second-order valence-corrected chi connectivity index (χ2v) is 3.71. The zero-order chi connectivity index (χ0) is 11.4. The number of nitrogens with zero attached hydrogens (tertiary/aromatic N) is 2. The molecule has 0 radical (unpaired) electrons. The SMILES string of the molecule is CC.CC(C)(C)n1cc(C(N)=O)cn1.[HH]. The Morgan fingerprint density at radius 2 is 2.00 bits per heavy atom. The highest BCUT2D eigenvalue weighted by Gasteiger charge is 2.15. The molecule has 1 heterocycles. The van der Waals surface area contributed by atoms with Crippen LogP contribution in [0.4, 0.5) is 0 Å². The van der Waals surface area contributed by atoms with Crippen molar-refractivity contribution >= 4 is 5.91 Å². The average molecular weight is 199 g/mol. The van der Waals surface area contributed by atoms with Crippen LogP contribution in [0.25, 0.3) is 0 Å². The number of carbonyl (C=O) groups is 1. The Morgan fingerprint density at radius 3 is 2.21 bits per heavy atom. The second-order valence-electron chi connectivity index (χ2n) is 3.71. The molecule has 1 rings (SSSR count). The van der Waals surface area contributed by atoms with Crippen LogP contribution in [0.5, 0.6) is 0 Å². The lowest BCUT2D eigenvalue weighted by Gasteiger charge is -2.18. The Balaban J connectivity index is 0. The minimum Gasteiger partial charge on any atom is -0.366 e. The average Bonchev–Trinajstić information content (AvgIpc) is 2.54. The molecule has 0 fully saturated rings. The molecule has 1 aromatic rings. The van der Waals surface area contributed by atoms with Crippen LogP contribution in [-0.4, -0.2) is 15.7 Å². The fourth-order valence-corrected chi connectivity index (χ4v) is 0.817. The molecule has 1 aromatic heterocycles. The first kappa shape index (κ1) is 12.7. The molecule has 1 amide bonds. The van der Waals surface area contributed by atoms with E-state index in [4.69, 9.17) is 5.73 Å². The van der Waals surface area contributed by atoms with Gasteiger partial charge in [-0.05, 0) is 20.8 Å². The Bertz CT molecular complexity index is 302. The Labute approximate surface area is 86.6 Å². The molecule has 0 aromatic carbocycles. The molecule has 0 spiro atoms. The highest BCUT2D eigenvalue weighted by atomic mass is 16.1. The molecular weight excluding hydrogens is 178 g/mol. The van der Waals surface area contributed by atoms with Gasteiger partial charge in [-0.25, -0.2) is 0 Å². The van der Waals surface area contributed by atoms with E-state index in [0.29, 0.717) is 5.56 Å². The summed E-state index contributed by atoms with van der Waals surface area (Å²) in [6.07, 6.45) is 3.13. The summed E-state index contributed by atoms with van der Waals surface area (Å²) in [5.74, 6) is -0.439. The smallest absolute Gasteiger partial charge is 0.251 e. The number of primary amides is 1. The summed E-state index contributed by atoms with van der Waals surface area (Å²) >= 11 is 0.